The van der Waals surface area contributed by atoms with Crippen molar-refractivity contribution in [2.24, 2.45) is 0 Å². The molecule has 1 rings (SSSR count). The van der Waals surface area contributed by atoms with Gasteiger partial charge in [-0.25, -0.2) is 0 Å². The van der Waals surface area contributed by atoms with Crippen molar-refractivity contribution in [2.75, 3.05) is 7.11 Å². The molecule has 3 N–H and O–H groups in total. The molecule has 0 fully saturated rings. The number of nitrogens with zero attached hydrogens (tertiary/aromatic N) is 1. The van der Waals surface area contributed by atoms with Gasteiger partial charge in [0.05, 0.1) is 12.7 Å². The van der Waals surface area contributed by atoms with Gasteiger partial charge in [-0.1, -0.05) is 0 Å². The number of hydroxylamine groups is 1. The summed E-state index contributed by atoms with van der Waals surface area (Å²) in [5.41, 5.74) is 3.13. The molecule has 74 valence electrons. The third kappa shape index (κ3) is 2.13. The molecule has 0 aliphatic carbocycles. The highest BCUT2D eigenvalue weighted by molar-refractivity contribution is 5.50. The number of hydrogen-bond acceptors (Lipinski definition) is 5. The SMILES string of the molecule is CONCc1cc(C#N)c(O)cc1O. The van der Waals surface area contributed by atoms with Gasteiger partial charge in [-0.2, -0.15) is 10.7 Å². The number of rotatable bonds is 3. The molecule has 0 aromatic heterocycles. The van der Waals surface area contributed by atoms with Crippen LogP contribution in [-0.4, -0.2) is 17.3 Å². The first-order valence-electron chi connectivity index (χ1n) is 3.90. The van der Waals surface area contributed by atoms with Crippen molar-refractivity contribution in [3.05, 3.63) is 23.3 Å². The number of phenols is 2. The first kappa shape index (κ1) is 10.3. The zero-order chi connectivity index (χ0) is 10.6. The highest BCUT2D eigenvalue weighted by Crippen LogP contribution is 2.26. The number of nitriles is 1. The second-order valence-corrected chi connectivity index (χ2v) is 2.64. The lowest BCUT2D eigenvalue weighted by atomic mass is 10.1. The molecule has 0 aliphatic rings. The Labute approximate surface area is 81.1 Å². The maximum atomic E-state index is 9.37. The number of phenolic OH excluding ortho intramolecular Hbond substituents is 2. The molecule has 14 heavy (non-hydrogen) atoms. The van der Waals surface area contributed by atoms with Crippen LogP contribution in [0.4, 0.5) is 0 Å². The standard InChI is InChI=1S/C9H10N2O3/c1-14-11-5-7-2-6(4-10)8(12)3-9(7)13/h2-3,11-13H,5H2,1H3. The second kappa shape index (κ2) is 4.46. The Balaban J connectivity index is 3.00. The summed E-state index contributed by atoms with van der Waals surface area (Å²) in [6, 6.07) is 4.34. The third-order valence-corrected chi connectivity index (χ3v) is 1.72. The summed E-state index contributed by atoms with van der Waals surface area (Å²) in [5.74, 6) is -0.308. The van der Waals surface area contributed by atoms with Crippen molar-refractivity contribution in [1.82, 2.24) is 5.48 Å². The van der Waals surface area contributed by atoms with Crippen LogP contribution in [0.5, 0.6) is 11.5 Å². The van der Waals surface area contributed by atoms with E-state index in [0.29, 0.717) is 5.56 Å². The first-order chi connectivity index (χ1) is 6.69. The Bertz CT molecular complexity index is 371. The summed E-state index contributed by atoms with van der Waals surface area (Å²) in [6.45, 7) is 0.261. The van der Waals surface area contributed by atoms with E-state index >= 15 is 0 Å². The molecule has 0 aliphatic heterocycles. The van der Waals surface area contributed by atoms with Crippen LogP contribution >= 0.6 is 0 Å². The highest BCUT2D eigenvalue weighted by atomic mass is 16.6. The van der Waals surface area contributed by atoms with E-state index in [2.05, 4.69) is 10.3 Å². The number of hydrogen-bond donors (Lipinski definition) is 3. The molecule has 0 saturated heterocycles. The number of nitrogens with one attached hydrogen (secondary N) is 1. The highest BCUT2D eigenvalue weighted by Gasteiger charge is 2.07. The predicted octanol–water partition coefficient (Wildman–Crippen LogP) is 0.620. The van der Waals surface area contributed by atoms with E-state index in [1.54, 1.807) is 0 Å². The average Bonchev–Trinajstić information content (AvgIpc) is 2.17. The molecule has 1 aromatic rings. The van der Waals surface area contributed by atoms with Gasteiger partial charge in [0, 0.05) is 18.2 Å². The van der Waals surface area contributed by atoms with Crippen molar-refractivity contribution in [3.63, 3.8) is 0 Å². The fourth-order valence-corrected chi connectivity index (χ4v) is 1.00. The van der Waals surface area contributed by atoms with E-state index in [1.807, 2.05) is 6.07 Å². The van der Waals surface area contributed by atoms with Gasteiger partial charge in [0.15, 0.2) is 0 Å². The maximum absolute atomic E-state index is 9.37. The van der Waals surface area contributed by atoms with Gasteiger partial charge in [-0.05, 0) is 6.07 Å². The largest absolute Gasteiger partial charge is 0.507 e. The van der Waals surface area contributed by atoms with Crippen LogP contribution in [0, 0.1) is 11.3 Å². The fraction of sp³-hybridized carbons (Fsp3) is 0.222. The summed E-state index contributed by atoms with van der Waals surface area (Å²) in [6.07, 6.45) is 0. The zero-order valence-electron chi connectivity index (χ0n) is 7.61. The Kier molecular flexibility index (Phi) is 3.29. The van der Waals surface area contributed by atoms with Crippen molar-refractivity contribution in [1.29, 1.82) is 5.26 Å². The van der Waals surface area contributed by atoms with Gasteiger partial charge >= 0.3 is 0 Å². The lowest BCUT2D eigenvalue weighted by molar-refractivity contribution is 0.0861. The van der Waals surface area contributed by atoms with Gasteiger partial charge in [-0.3, -0.25) is 0 Å². The summed E-state index contributed by atoms with van der Waals surface area (Å²) in [5, 5.41) is 27.2. The van der Waals surface area contributed by atoms with Gasteiger partial charge in [-0.15, -0.1) is 0 Å². The van der Waals surface area contributed by atoms with Crippen LogP contribution in [0.2, 0.25) is 0 Å². The summed E-state index contributed by atoms with van der Waals surface area (Å²) in [4.78, 5) is 4.60. The molecule has 1 aromatic carbocycles. The predicted molar refractivity (Wildman–Crippen MR) is 48.3 cm³/mol. The topological polar surface area (TPSA) is 85.5 Å². The van der Waals surface area contributed by atoms with Crippen molar-refractivity contribution < 1.29 is 15.1 Å². The second-order valence-electron chi connectivity index (χ2n) is 2.64. The van der Waals surface area contributed by atoms with Crippen molar-refractivity contribution >= 4 is 0 Å². The van der Waals surface area contributed by atoms with E-state index in [-0.39, 0.29) is 23.6 Å². The lowest BCUT2D eigenvalue weighted by Crippen LogP contribution is -2.10. The number of benzene rings is 1. The summed E-state index contributed by atoms with van der Waals surface area (Å²) in [7, 11) is 1.45. The van der Waals surface area contributed by atoms with Gasteiger partial charge in [0.2, 0.25) is 0 Å². The van der Waals surface area contributed by atoms with E-state index < -0.39 is 0 Å². The molecule has 0 radical (unpaired) electrons. The monoisotopic (exact) mass is 194 g/mol. The van der Waals surface area contributed by atoms with Crippen LogP contribution in [-0.2, 0) is 11.4 Å². The number of aromatic hydroxyl groups is 2. The van der Waals surface area contributed by atoms with Gasteiger partial charge in [0.25, 0.3) is 0 Å². The van der Waals surface area contributed by atoms with Crippen LogP contribution in [0.15, 0.2) is 12.1 Å². The smallest absolute Gasteiger partial charge is 0.137 e. The molecule has 0 amide bonds. The zero-order valence-corrected chi connectivity index (χ0v) is 7.61. The minimum Gasteiger partial charge on any atom is -0.507 e. The normalized spacial score (nSPS) is 9.71. The molecular formula is C9H10N2O3. The van der Waals surface area contributed by atoms with E-state index in [9.17, 15) is 10.2 Å². The molecule has 0 unspecified atom stereocenters. The van der Waals surface area contributed by atoms with Gasteiger partial charge in [0.1, 0.15) is 17.6 Å². The minimum atomic E-state index is -0.230. The van der Waals surface area contributed by atoms with E-state index in [4.69, 9.17) is 5.26 Å². The molecule has 5 nitrogen and oxygen atoms in total. The molecule has 5 heteroatoms. The van der Waals surface area contributed by atoms with E-state index in [1.165, 1.54) is 13.2 Å². The van der Waals surface area contributed by atoms with Gasteiger partial charge < -0.3 is 15.1 Å². The van der Waals surface area contributed by atoms with Crippen LogP contribution in [0.1, 0.15) is 11.1 Å². The van der Waals surface area contributed by atoms with E-state index in [0.717, 1.165) is 6.07 Å². The molecule has 0 atom stereocenters. The lowest BCUT2D eigenvalue weighted by Gasteiger charge is -2.06. The van der Waals surface area contributed by atoms with Crippen molar-refractivity contribution in [3.8, 4) is 17.6 Å². The molecule has 0 bridgehead atoms. The Hall–Kier alpha value is -1.77. The summed E-state index contributed by atoms with van der Waals surface area (Å²) < 4.78 is 0. The Morgan fingerprint density at radius 1 is 1.43 bits per heavy atom. The summed E-state index contributed by atoms with van der Waals surface area (Å²) >= 11 is 0. The third-order valence-electron chi connectivity index (χ3n) is 1.72. The molecular weight excluding hydrogens is 184 g/mol. The quantitative estimate of drug-likeness (QED) is 0.614. The Morgan fingerprint density at radius 3 is 2.71 bits per heavy atom. The van der Waals surface area contributed by atoms with Crippen LogP contribution in [0.25, 0.3) is 0 Å². The molecule has 0 heterocycles. The van der Waals surface area contributed by atoms with Crippen molar-refractivity contribution in [2.45, 2.75) is 6.54 Å². The Morgan fingerprint density at radius 2 is 2.14 bits per heavy atom. The maximum Gasteiger partial charge on any atom is 0.137 e. The average molecular weight is 194 g/mol. The molecule has 0 spiro atoms. The minimum absolute atomic E-state index is 0.0777. The fourth-order valence-electron chi connectivity index (χ4n) is 1.00. The molecule has 0 saturated carbocycles. The van der Waals surface area contributed by atoms with Crippen LogP contribution < -0.4 is 5.48 Å². The van der Waals surface area contributed by atoms with Crippen LogP contribution in [0.3, 0.4) is 0 Å². The first-order valence-corrected chi connectivity index (χ1v) is 3.90.